The molecule has 2 aromatic carbocycles. The number of carboxylic acids is 1. The van der Waals surface area contributed by atoms with Crippen molar-refractivity contribution in [2.24, 2.45) is 0 Å². The zero-order chi connectivity index (χ0) is 18.3. The van der Waals surface area contributed by atoms with Crippen molar-refractivity contribution in [3.05, 3.63) is 70.2 Å². The molecule has 3 aromatic rings. The first-order valence-electron chi connectivity index (χ1n) is 8.00. The fourth-order valence-electron chi connectivity index (χ4n) is 3.23. The average molecular weight is 368 g/mol. The molecule has 0 saturated carbocycles. The summed E-state index contributed by atoms with van der Waals surface area (Å²) in [7, 11) is 0. The maximum atomic E-state index is 12.1. The van der Waals surface area contributed by atoms with Crippen molar-refractivity contribution in [1.29, 1.82) is 0 Å². The van der Waals surface area contributed by atoms with Crippen LogP contribution in [0.3, 0.4) is 0 Å². The van der Waals surface area contributed by atoms with Crippen LogP contribution < -0.4 is 5.32 Å². The number of rotatable bonds is 3. The molecule has 1 aliphatic heterocycles. The standard InChI is InChI=1S/C19H14ClN3O3/c20-13-7-5-11(6-8-13)17-16-14(9-15(24)21-18(16)23-22-17)10-1-3-12(4-2-10)19(25)26/h1-8,14H,9H2,(H,25,26)(H2,21,22,23,24). The average Bonchev–Trinajstić information content (AvgIpc) is 3.05. The minimum atomic E-state index is -0.983. The first-order valence-corrected chi connectivity index (χ1v) is 8.38. The van der Waals surface area contributed by atoms with Gasteiger partial charge < -0.3 is 10.4 Å². The number of fused-ring (bicyclic) bond motifs is 1. The van der Waals surface area contributed by atoms with Crippen LogP contribution >= 0.6 is 11.6 Å². The van der Waals surface area contributed by atoms with Gasteiger partial charge in [0.05, 0.1) is 11.3 Å². The second kappa shape index (κ2) is 6.31. The van der Waals surface area contributed by atoms with Gasteiger partial charge >= 0.3 is 5.97 Å². The molecule has 1 aliphatic rings. The van der Waals surface area contributed by atoms with Gasteiger partial charge in [-0.1, -0.05) is 35.9 Å². The number of amides is 1. The van der Waals surface area contributed by atoms with Crippen molar-refractivity contribution in [3.63, 3.8) is 0 Å². The number of aromatic amines is 1. The summed E-state index contributed by atoms with van der Waals surface area (Å²) in [5.41, 5.74) is 3.67. The number of carbonyl (C=O) groups is 2. The quantitative estimate of drug-likeness (QED) is 0.654. The first-order chi connectivity index (χ1) is 12.5. The maximum absolute atomic E-state index is 12.1. The van der Waals surface area contributed by atoms with Crippen LogP contribution in [0.4, 0.5) is 5.82 Å². The molecule has 3 N–H and O–H groups in total. The number of nitrogens with zero attached hydrogens (tertiary/aromatic N) is 1. The number of H-pyrrole nitrogens is 1. The lowest BCUT2D eigenvalue weighted by molar-refractivity contribution is -0.116. The molecular formula is C19H14ClN3O3. The predicted molar refractivity (Wildman–Crippen MR) is 97.5 cm³/mol. The second-order valence-corrected chi connectivity index (χ2v) is 6.54. The summed E-state index contributed by atoms with van der Waals surface area (Å²) in [6.07, 6.45) is 0.263. The van der Waals surface area contributed by atoms with Crippen molar-refractivity contribution in [1.82, 2.24) is 10.2 Å². The van der Waals surface area contributed by atoms with Crippen molar-refractivity contribution in [2.75, 3.05) is 5.32 Å². The Morgan fingerprint density at radius 2 is 1.81 bits per heavy atom. The van der Waals surface area contributed by atoms with Crippen molar-refractivity contribution in [3.8, 4) is 11.3 Å². The molecule has 0 aliphatic carbocycles. The van der Waals surface area contributed by atoms with Gasteiger partial charge in [-0.15, -0.1) is 0 Å². The Hall–Kier alpha value is -3.12. The maximum Gasteiger partial charge on any atom is 0.335 e. The van der Waals surface area contributed by atoms with E-state index in [1.54, 1.807) is 36.4 Å². The number of hydrogen-bond acceptors (Lipinski definition) is 3. The van der Waals surface area contributed by atoms with E-state index in [0.29, 0.717) is 10.8 Å². The number of aromatic carboxylic acids is 1. The molecule has 1 unspecified atom stereocenters. The Bertz CT molecular complexity index is 994. The fraction of sp³-hybridized carbons (Fsp3) is 0.105. The number of halogens is 1. The van der Waals surface area contributed by atoms with Gasteiger partial charge in [-0.25, -0.2) is 4.79 Å². The van der Waals surface area contributed by atoms with E-state index in [9.17, 15) is 9.59 Å². The molecule has 6 nitrogen and oxygen atoms in total. The third kappa shape index (κ3) is 2.84. The fourth-order valence-corrected chi connectivity index (χ4v) is 3.36. The lowest BCUT2D eigenvalue weighted by Gasteiger charge is -2.23. The van der Waals surface area contributed by atoms with Crippen molar-refractivity contribution >= 4 is 29.3 Å². The molecule has 0 radical (unpaired) electrons. The number of nitrogens with one attached hydrogen (secondary N) is 2. The van der Waals surface area contributed by atoms with Gasteiger partial charge in [0, 0.05) is 28.5 Å². The summed E-state index contributed by atoms with van der Waals surface area (Å²) in [5.74, 6) is -0.827. The summed E-state index contributed by atoms with van der Waals surface area (Å²) in [6, 6.07) is 13.9. The van der Waals surface area contributed by atoms with Crippen LogP contribution in [0.15, 0.2) is 48.5 Å². The van der Waals surface area contributed by atoms with E-state index in [4.69, 9.17) is 16.7 Å². The normalized spacial score (nSPS) is 16.0. The van der Waals surface area contributed by atoms with Crippen molar-refractivity contribution in [2.45, 2.75) is 12.3 Å². The zero-order valence-electron chi connectivity index (χ0n) is 13.5. The number of carboxylic acid groups (broad SMARTS) is 1. The summed E-state index contributed by atoms with van der Waals surface area (Å²) in [4.78, 5) is 23.2. The monoisotopic (exact) mass is 367 g/mol. The van der Waals surface area contributed by atoms with Gasteiger partial charge in [0.15, 0.2) is 5.82 Å². The summed E-state index contributed by atoms with van der Waals surface area (Å²) in [5, 5.41) is 19.7. The zero-order valence-corrected chi connectivity index (χ0v) is 14.2. The molecule has 0 spiro atoms. The molecule has 1 atom stereocenters. The molecule has 0 fully saturated rings. The van der Waals surface area contributed by atoms with Crippen molar-refractivity contribution < 1.29 is 14.7 Å². The van der Waals surface area contributed by atoms with Crippen LogP contribution in [0.25, 0.3) is 11.3 Å². The number of aromatic nitrogens is 2. The minimum Gasteiger partial charge on any atom is -0.478 e. The van der Waals surface area contributed by atoms with Gasteiger partial charge in [0.25, 0.3) is 0 Å². The van der Waals surface area contributed by atoms with Crippen LogP contribution in [0, 0.1) is 0 Å². The van der Waals surface area contributed by atoms with Crippen LogP contribution in [0.5, 0.6) is 0 Å². The van der Waals surface area contributed by atoms with E-state index in [1.807, 2.05) is 12.1 Å². The Labute approximate surface area is 153 Å². The topological polar surface area (TPSA) is 95.1 Å². The predicted octanol–water partition coefficient (Wildman–Crippen LogP) is 3.90. The molecular weight excluding hydrogens is 354 g/mol. The Morgan fingerprint density at radius 1 is 1.12 bits per heavy atom. The molecule has 7 heteroatoms. The molecule has 0 saturated heterocycles. The smallest absolute Gasteiger partial charge is 0.335 e. The van der Waals surface area contributed by atoms with Crippen LogP contribution in [0.1, 0.15) is 33.8 Å². The third-order valence-electron chi connectivity index (χ3n) is 4.49. The highest BCUT2D eigenvalue weighted by Crippen LogP contribution is 2.41. The number of benzene rings is 2. The Kier molecular flexibility index (Phi) is 3.97. The highest BCUT2D eigenvalue weighted by molar-refractivity contribution is 6.30. The number of hydrogen-bond donors (Lipinski definition) is 3. The second-order valence-electron chi connectivity index (χ2n) is 6.10. The lowest BCUT2D eigenvalue weighted by Crippen LogP contribution is -2.23. The van der Waals surface area contributed by atoms with Crippen LogP contribution in [-0.2, 0) is 4.79 Å². The van der Waals surface area contributed by atoms with Crippen LogP contribution in [-0.4, -0.2) is 27.2 Å². The largest absolute Gasteiger partial charge is 0.478 e. The highest BCUT2D eigenvalue weighted by atomic mass is 35.5. The summed E-state index contributed by atoms with van der Waals surface area (Å²) >= 11 is 5.97. The first kappa shape index (κ1) is 16.4. The van der Waals surface area contributed by atoms with E-state index in [0.717, 1.165) is 22.4 Å². The van der Waals surface area contributed by atoms with E-state index in [2.05, 4.69) is 15.5 Å². The lowest BCUT2D eigenvalue weighted by atomic mass is 9.84. The van der Waals surface area contributed by atoms with Gasteiger partial charge in [-0.05, 0) is 29.8 Å². The van der Waals surface area contributed by atoms with Gasteiger partial charge in [0.1, 0.15) is 0 Å². The van der Waals surface area contributed by atoms with E-state index >= 15 is 0 Å². The van der Waals surface area contributed by atoms with E-state index in [1.165, 1.54) is 0 Å². The van der Waals surface area contributed by atoms with E-state index < -0.39 is 5.97 Å². The number of carbonyl (C=O) groups excluding carboxylic acids is 1. The van der Waals surface area contributed by atoms with Gasteiger partial charge in [-0.2, -0.15) is 5.10 Å². The summed E-state index contributed by atoms with van der Waals surface area (Å²) < 4.78 is 0. The third-order valence-corrected chi connectivity index (χ3v) is 4.74. The molecule has 1 amide bonds. The van der Waals surface area contributed by atoms with E-state index in [-0.39, 0.29) is 23.8 Å². The Balaban J connectivity index is 1.81. The SMILES string of the molecule is O=C1CC(c2ccc(C(=O)O)cc2)c2c(n[nH]c2-c2ccc(Cl)cc2)N1. The summed E-state index contributed by atoms with van der Waals surface area (Å²) in [6.45, 7) is 0. The highest BCUT2D eigenvalue weighted by Gasteiger charge is 2.32. The number of anilines is 1. The molecule has 4 rings (SSSR count). The minimum absolute atomic E-state index is 0.126. The van der Waals surface area contributed by atoms with Gasteiger partial charge in [-0.3, -0.25) is 9.89 Å². The van der Waals surface area contributed by atoms with Crippen LogP contribution in [0.2, 0.25) is 5.02 Å². The molecule has 26 heavy (non-hydrogen) atoms. The molecule has 1 aromatic heterocycles. The molecule has 0 bridgehead atoms. The molecule has 2 heterocycles. The molecule has 130 valence electrons. The Morgan fingerprint density at radius 3 is 2.46 bits per heavy atom. The van der Waals surface area contributed by atoms with Gasteiger partial charge in [0.2, 0.25) is 5.91 Å².